The summed E-state index contributed by atoms with van der Waals surface area (Å²) >= 11 is 0. The van der Waals surface area contributed by atoms with Crippen LogP contribution in [0.25, 0.3) is 5.69 Å². The Balaban J connectivity index is 2.17. The van der Waals surface area contributed by atoms with Gasteiger partial charge in [-0.3, -0.25) is 4.79 Å². The van der Waals surface area contributed by atoms with Crippen molar-refractivity contribution in [2.24, 2.45) is 0 Å². The van der Waals surface area contributed by atoms with Crippen LogP contribution in [0.2, 0.25) is 0 Å². The zero-order chi connectivity index (χ0) is 23.4. The zero-order valence-electron chi connectivity index (χ0n) is 18.9. The van der Waals surface area contributed by atoms with Crippen LogP contribution in [0.15, 0.2) is 42.5 Å². The van der Waals surface area contributed by atoms with Gasteiger partial charge in [0.25, 0.3) is 0 Å². The molecule has 0 saturated carbocycles. The molecule has 0 N–H and O–H groups in total. The number of nitrogens with zero attached hydrogens (tertiary/aromatic N) is 3. The maximum Gasteiger partial charge on any atom is 0.228 e. The van der Waals surface area contributed by atoms with Crippen molar-refractivity contribution in [1.82, 2.24) is 14.7 Å². The molecular formula is C24H27F2N3O3. The molecule has 0 bridgehead atoms. The lowest BCUT2D eigenvalue weighted by Crippen LogP contribution is -2.34. The molecule has 170 valence electrons. The highest BCUT2D eigenvalue weighted by molar-refractivity contribution is 5.73. The van der Waals surface area contributed by atoms with Crippen molar-refractivity contribution in [2.45, 2.75) is 46.7 Å². The van der Waals surface area contributed by atoms with E-state index in [-0.39, 0.29) is 30.1 Å². The molecule has 0 aliphatic rings. The molecule has 3 aromatic rings. The Morgan fingerprint density at radius 2 is 1.84 bits per heavy atom. The number of ether oxygens (including phenoxy) is 2. The van der Waals surface area contributed by atoms with Gasteiger partial charge in [0, 0.05) is 19.0 Å². The van der Waals surface area contributed by atoms with Gasteiger partial charge in [-0.1, -0.05) is 6.92 Å². The number of hydrogen-bond donors (Lipinski definition) is 0. The second kappa shape index (κ2) is 9.80. The van der Waals surface area contributed by atoms with Crippen LogP contribution in [0, 0.1) is 11.6 Å². The second-order valence-corrected chi connectivity index (χ2v) is 7.61. The standard InChI is InChI=1S/C24H27F2N3O3/c1-6-22-20(14-28(15(2)3)16(4)30)24(32-23-12-7-17(25)13-21(23)26)29(27-22)18-8-10-19(31-5)11-9-18/h7-13,15H,6,14H2,1-5H3. The van der Waals surface area contributed by atoms with Crippen LogP contribution in [-0.4, -0.2) is 33.7 Å². The van der Waals surface area contributed by atoms with Crippen LogP contribution < -0.4 is 9.47 Å². The van der Waals surface area contributed by atoms with Gasteiger partial charge in [-0.15, -0.1) is 0 Å². The number of halogens is 2. The average molecular weight is 443 g/mol. The molecule has 1 aromatic heterocycles. The minimum atomic E-state index is -0.830. The molecule has 0 unspecified atom stereocenters. The lowest BCUT2D eigenvalue weighted by molar-refractivity contribution is -0.131. The van der Waals surface area contributed by atoms with E-state index in [0.717, 1.165) is 12.1 Å². The van der Waals surface area contributed by atoms with E-state index in [1.165, 1.54) is 13.0 Å². The number of rotatable bonds is 8. The fraction of sp³-hybridized carbons (Fsp3) is 0.333. The number of methoxy groups -OCH3 is 1. The van der Waals surface area contributed by atoms with E-state index in [1.54, 1.807) is 41.0 Å². The number of amides is 1. The molecule has 3 rings (SSSR count). The predicted molar refractivity (Wildman–Crippen MR) is 117 cm³/mol. The highest BCUT2D eigenvalue weighted by atomic mass is 19.1. The molecule has 8 heteroatoms. The Morgan fingerprint density at radius 3 is 2.38 bits per heavy atom. The second-order valence-electron chi connectivity index (χ2n) is 7.61. The van der Waals surface area contributed by atoms with Crippen molar-refractivity contribution < 1.29 is 23.0 Å². The molecule has 0 radical (unpaired) electrons. The summed E-state index contributed by atoms with van der Waals surface area (Å²) in [6, 6.07) is 10.2. The van der Waals surface area contributed by atoms with E-state index < -0.39 is 11.6 Å². The first-order valence-corrected chi connectivity index (χ1v) is 10.4. The Hall–Kier alpha value is -3.42. The Labute approximate surface area is 186 Å². The topological polar surface area (TPSA) is 56.6 Å². The van der Waals surface area contributed by atoms with Crippen LogP contribution in [0.1, 0.15) is 39.0 Å². The lowest BCUT2D eigenvalue weighted by atomic mass is 10.1. The molecule has 0 aliphatic heterocycles. The normalized spacial score (nSPS) is 11.0. The summed E-state index contributed by atoms with van der Waals surface area (Å²) in [6.45, 7) is 7.52. The molecule has 0 aliphatic carbocycles. The van der Waals surface area contributed by atoms with Crippen molar-refractivity contribution in [1.29, 1.82) is 0 Å². The summed E-state index contributed by atoms with van der Waals surface area (Å²) in [5, 5.41) is 4.69. The van der Waals surface area contributed by atoms with Gasteiger partial charge in [-0.2, -0.15) is 5.10 Å². The number of hydrogen-bond acceptors (Lipinski definition) is 4. The van der Waals surface area contributed by atoms with Gasteiger partial charge in [-0.25, -0.2) is 13.5 Å². The lowest BCUT2D eigenvalue weighted by Gasteiger charge is -2.25. The van der Waals surface area contributed by atoms with Gasteiger partial charge in [0.2, 0.25) is 11.8 Å². The highest BCUT2D eigenvalue weighted by Gasteiger charge is 2.25. The SMILES string of the molecule is CCc1nn(-c2ccc(OC)cc2)c(Oc2ccc(F)cc2F)c1CN(C(C)=O)C(C)C. The third-order valence-electron chi connectivity index (χ3n) is 5.13. The van der Waals surface area contributed by atoms with Crippen molar-refractivity contribution in [3.05, 3.63) is 65.4 Å². The summed E-state index contributed by atoms with van der Waals surface area (Å²) in [6.07, 6.45) is 0.574. The van der Waals surface area contributed by atoms with Crippen molar-refractivity contribution in [2.75, 3.05) is 7.11 Å². The molecular weight excluding hydrogens is 416 g/mol. The van der Waals surface area contributed by atoms with Crippen LogP contribution in [0.4, 0.5) is 8.78 Å². The van der Waals surface area contributed by atoms with Gasteiger partial charge in [0.15, 0.2) is 11.6 Å². The van der Waals surface area contributed by atoms with Gasteiger partial charge >= 0.3 is 0 Å². The molecule has 6 nitrogen and oxygen atoms in total. The summed E-state index contributed by atoms with van der Waals surface area (Å²) in [5.74, 6) is -0.822. The Bertz CT molecular complexity index is 1090. The molecule has 0 saturated heterocycles. The van der Waals surface area contributed by atoms with Gasteiger partial charge < -0.3 is 14.4 Å². The fourth-order valence-corrected chi connectivity index (χ4v) is 3.41. The van der Waals surface area contributed by atoms with Crippen LogP contribution in [0.5, 0.6) is 17.4 Å². The predicted octanol–water partition coefficient (Wildman–Crippen LogP) is 5.27. The summed E-state index contributed by atoms with van der Waals surface area (Å²) in [4.78, 5) is 13.9. The minimum absolute atomic E-state index is 0.0584. The minimum Gasteiger partial charge on any atom is -0.497 e. The maximum atomic E-state index is 14.4. The number of carbonyl (C=O) groups excluding carboxylic acids is 1. The zero-order valence-corrected chi connectivity index (χ0v) is 18.9. The number of aromatic nitrogens is 2. The fourth-order valence-electron chi connectivity index (χ4n) is 3.41. The summed E-state index contributed by atoms with van der Waals surface area (Å²) < 4.78 is 40.6. The quantitative estimate of drug-likeness (QED) is 0.476. The first-order valence-electron chi connectivity index (χ1n) is 10.4. The van der Waals surface area contributed by atoms with Crippen molar-refractivity contribution in [3.8, 4) is 23.1 Å². The number of carbonyl (C=O) groups is 1. The molecule has 0 fully saturated rings. The maximum absolute atomic E-state index is 14.4. The van der Waals surface area contributed by atoms with Crippen molar-refractivity contribution >= 4 is 5.91 Å². The number of benzene rings is 2. The largest absolute Gasteiger partial charge is 0.497 e. The van der Waals surface area contributed by atoms with Gasteiger partial charge in [0.1, 0.15) is 11.6 Å². The first kappa shape index (κ1) is 23.2. The highest BCUT2D eigenvalue weighted by Crippen LogP contribution is 2.34. The Kier molecular flexibility index (Phi) is 7.12. The Morgan fingerprint density at radius 1 is 1.16 bits per heavy atom. The summed E-state index contributed by atoms with van der Waals surface area (Å²) in [5.41, 5.74) is 2.05. The van der Waals surface area contributed by atoms with Crippen LogP contribution in [-0.2, 0) is 17.8 Å². The smallest absolute Gasteiger partial charge is 0.228 e. The van der Waals surface area contributed by atoms with Crippen molar-refractivity contribution in [3.63, 3.8) is 0 Å². The molecule has 0 spiro atoms. The molecule has 2 aromatic carbocycles. The van der Waals surface area contributed by atoms with E-state index in [4.69, 9.17) is 9.47 Å². The first-order chi connectivity index (χ1) is 15.2. The van der Waals surface area contributed by atoms with Gasteiger partial charge in [0.05, 0.1) is 30.6 Å². The average Bonchev–Trinajstić information content (AvgIpc) is 3.10. The van der Waals surface area contributed by atoms with E-state index in [9.17, 15) is 13.6 Å². The van der Waals surface area contributed by atoms with Crippen LogP contribution >= 0.6 is 0 Å². The molecule has 0 atom stereocenters. The number of aryl methyl sites for hydroxylation is 1. The van der Waals surface area contributed by atoms with E-state index in [2.05, 4.69) is 5.10 Å². The third kappa shape index (κ3) is 4.90. The molecule has 32 heavy (non-hydrogen) atoms. The third-order valence-corrected chi connectivity index (χ3v) is 5.13. The van der Waals surface area contributed by atoms with E-state index in [0.29, 0.717) is 29.1 Å². The molecule has 1 heterocycles. The van der Waals surface area contributed by atoms with Crippen LogP contribution in [0.3, 0.4) is 0 Å². The van der Waals surface area contributed by atoms with E-state index >= 15 is 0 Å². The van der Waals surface area contributed by atoms with Gasteiger partial charge in [-0.05, 0) is 56.7 Å². The summed E-state index contributed by atoms with van der Waals surface area (Å²) in [7, 11) is 1.57. The monoisotopic (exact) mass is 443 g/mol. The molecule has 1 amide bonds. The van der Waals surface area contributed by atoms with E-state index in [1.807, 2.05) is 20.8 Å².